The highest BCUT2D eigenvalue weighted by Crippen LogP contribution is 2.66. The van der Waals surface area contributed by atoms with Crippen molar-refractivity contribution in [1.29, 1.82) is 0 Å². The molecule has 2 fully saturated rings. The van der Waals surface area contributed by atoms with Gasteiger partial charge in [-0.05, 0) is 60.1 Å². The number of amides is 1. The Bertz CT molecular complexity index is 981. The van der Waals surface area contributed by atoms with Crippen LogP contribution in [0, 0.1) is 23.2 Å². The highest BCUT2D eigenvalue weighted by atomic mass is 16.7. The molecule has 0 radical (unpaired) electrons. The van der Waals surface area contributed by atoms with E-state index in [-0.39, 0.29) is 12.7 Å². The maximum absolute atomic E-state index is 12.4. The monoisotopic (exact) mass is 423 g/mol. The number of aromatic nitrogens is 2. The van der Waals surface area contributed by atoms with E-state index in [2.05, 4.69) is 35.1 Å². The van der Waals surface area contributed by atoms with E-state index in [4.69, 9.17) is 13.9 Å². The van der Waals surface area contributed by atoms with Crippen LogP contribution >= 0.6 is 0 Å². The van der Waals surface area contributed by atoms with E-state index in [1.54, 1.807) is 0 Å². The minimum Gasteiger partial charge on any atom is -0.454 e. The van der Waals surface area contributed by atoms with Crippen molar-refractivity contribution < 1.29 is 18.7 Å². The molecule has 2 unspecified atom stereocenters. The summed E-state index contributed by atoms with van der Waals surface area (Å²) in [6.07, 6.45) is 7.19. The largest absolute Gasteiger partial charge is 0.454 e. The fourth-order valence-corrected chi connectivity index (χ4v) is 5.37. The van der Waals surface area contributed by atoms with E-state index < -0.39 is 0 Å². The lowest BCUT2D eigenvalue weighted by Crippen LogP contribution is -2.31. The molecule has 1 amide bonds. The standard InChI is InChI=1S/C24H29N3O4/c1-3-18-12-17(15(2)24(18)8-9-24)13-25-21(28)6-7-22-26-27-23(31-22)11-16-4-5-19-20(10-16)30-14-29-19/h3-5,10,15,17-18H,1,6-9,11-14H2,2H3,(H,25,28)/t15?,17-,18?/m1/s1. The summed E-state index contributed by atoms with van der Waals surface area (Å²) in [5.74, 6) is 4.32. The molecule has 1 aromatic carbocycles. The Balaban J connectivity index is 1.08. The SMILES string of the molecule is C=CC1C[C@H](CNC(=O)CCc2nnc(Cc3ccc4c(c3)OCO4)o2)C(C)C12CC2. The number of carbonyl (C=O) groups is 1. The van der Waals surface area contributed by atoms with Crippen molar-refractivity contribution in [3.05, 3.63) is 48.2 Å². The molecule has 7 heteroatoms. The minimum absolute atomic E-state index is 0.0367. The van der Waals surface area contributed by atoms with Crippen LogP contribution in [0.4, 0.5) is 0 Å². The second-order valence-corrected chi connectivity index (χ2v) is 9.12. The third-order valence-corrected chi connectivity index (χ3v) is 7.45. The van der Waals surface area contributed by atoms with Crippen LogP contribution in [-0.4, -0.2) is 29.4 Å². The van der Waals surface area contributed by atoms with Gasteiger partial charge in [0.05, 0.1) is 6.42 Å². The number of benzene rings is 1. The van der Waals surface area contributed by atoms with Gasteiger partial charge in [0.15, 0.2) is 11.5 Å². The highest BCUT2D eigenvalue weighted by molar-refractivity contribution is 5.76. The summed E-state index contributed by atoms with van der Waals surface area (Å²) in [6.45, 7) is 7.36. The van der Waals surface area contributed by atoms with Crippen LogP contribution < -0.4 is 14.8 Å². The lowest BCUT2D eigenvalue weighted by atomic mass is 9.85. The van der Waals surface area contributed by atoms with Crippen molar-refractivity contribution in [2.75, 3.05) is 13.3 Å². The molecule has 1 aliphatic heterocycles. The number of carbonyl (C=O) groups excluding carboxylic acids is 1. The zero-order valence-corrected chi connectivity index (χ0v) is 17.9. The molecule has 1 spiro atoms. The molecule has 31 heavy (non-hydrogen) atoms. The van der Waals surface area contributed by atoms with Crippen LogP contribution in [0.2, 0.25) is 0 Å². The van der Waals surface area contributed by atoms with E-state index in [9.17, 15) is 4.79 Å². The topological polar surface area (TPSA) is 86.5 Å². The van der Waals surface area contributed by atoms with Gasteiger partial charge in [-0.15, -0.1) is 16.8 Å². The van der Waals surface area contributed by atoms with Gasteiger partial charge in [-0.1, -0.05) is 19.1 Å². The maximum Gasteiger partial charge on any atom is 0.231 e. The van der Waals surface area contributed by atoms with Gasteiger partial charge in [0.2, 0.25) is 24.5 Å². The van der Waals surface area contributed by atoms with E-state index in [1.165, 1.54) is 12.8 Å². The lowest BCUT2D eigenvalue weighted by molar-refractivity contribution is -0.121. The van der Waals surface area contributed by atoms with Gasteiger partial charge in [0, 0.05) is 19.4 Å². The first-order valence-corrected chi connectivity index (χ1v) is 11.2. The number of hydrogen-bond donors (Lipinski definition) is 1. The van der Waals surface area contributed by atoms with Gasteiger partial charge in [0.1, 0.15) is 0 Å². The van der Waals surface area contributed by atoms with Gasteiger partial charge >= 0.3 is 0 Å². The molecule has 1 aromatic heterocycles. The Kier molecular flexibility index (Phi) is 5.20. The predicted molar refractivity (Wildman–Crippen MR) is 114 cm³/mol. The summed E-state index contributed by atoms with van der Waals surface area (Å²) in [4.78, 5) is 12.4. The molecule has 7 nitrogen and oxygen atoms in total. The highest BCUT2D eigenvalue weighted by Gasteiger charge is 2.58. The molecular weight excluding hydrogens is 394 g/mol. The summed E-state index contributed by atoms with van der Waals surface area (Å²) in [6, 6.07) is 5.76. The zero-order chi connectivity index (χ0) is 21.4. The molecule has 2 aromatic rings. The minimum atomic E-state index is 0.0367. The summed E-state index contributed by atoms with van der Waals surface area (Å²) < 4.78 is 16.5. The average Bonchev–Trinajstić information content (AvgIpc) is 3.11. The van der Waals surface area contributed by atoms with Crippen LogP contribution in [0.5, 0.6) is 11.5 Å². The third-order valence-electron chi connectivity index (χ3n) is 7.45. The second-order valence-electron chi connectivity index (χ2n) is 9.12. The molecule has 3 aliphatic rings. The Hall–Kier alpha value is -2.83. The Morgan fingerprint density at radius 3 is 2.84 bits per heavy atom. The number of nitrogens with zero attached hydrogens (tertiary/aromatic N) is 2. The zero-order valence-electron chi connectivity index (χ0n) is 17.9. The van der Waals surface area contributed by atoms with Crippen LogP contribution in [0.1, 0.15) is 50.0 Å². The Morgan fingerprint density at radius 1 is 1.26 bits per heavy atom. The number of allylic oxidation sites excluding steroid dienone is 1. The molecule has 2 aliphatic carbocycles. The van der Waals surface area contributed by atoms with Crippen molar-refractivity contribution in [1.82, 2.24) is 15.5 Å². The molecule has 5 rings (SSSR count). The van der Waals surface area contributed by atoms with Gasteiger partial charge in [-0.2, -0.15) is 0 Å². The van der Waals surface area contributed by atoms with Crippen molar-refractivity contribution in [2.24, 2.45) is 23.2 Å². The summed E-state index contributed by atoms with van der Waals surface area (Å²) in [5.41, 5.74) is 1.48. The van der Waals surface area contributed by atoms with Gasteiger partial charge in [-0.25, -0.2) is 0 Å². The number of hydrogen-bond acceptors (Lipinski definition) is 6. The fraction of sp³-hybridized carbons (Fsp3) is 0.542. The summed E-state index contributed by atoms with van der Waals surface area (Å²) >= 11 is 0. The average molecular weight is 424 g/mol. The van der Waals surface area contributed by atoms with Gasteiger partial charge < -0.3 is 19.2 Å². The van der Waals surface area contributed by atoms with E-state index in [0.717, 1.165) is 30.0 Å². The van der Waals surface area contributed by atoms with Crippen LogP contribution in [0.3, 0.4) is 0 Å². The second kappa shape index (κ2) is 8.02. The van der Waals surface area contributed by atoms with Gasteiger partial charge in [-0.3, -0.25) is 4.79 Å². The predicted octanol–water partition coefficient (Wildman–Crippen LogP) is 3.68. The van der Waals surface area contributed by atoms with Crippen LogP contribution in [-0.2, 0) is 17.6 Å². The van der Waals surface area contributed by atoms with Crippen LogP contribution in [0.15, 0.2) is 35.3 Å². The molecular formula is C24H29N3O4. The molecule has 164 valence electrons. The Morgan fingerprint density at radius 2 is 2.06 bits per heavy atom. The van der Waals surface area contributed by atoms with Crippen LogP contribution in [0.25, 0.3) is 0 Å². The molecule has 2 heterocycles. The van der Waals surface area contributed by atoms with E-state index in [0.29, 0.717) is 54.2 Å². The fourth-order valence-electron chi connectivity index (χ4n) is 5.37. The number of nitrogens with one attached hydrogen (secondary N) is 1. The van der Waals surface area contributed by atoms with E-state index in [1.807, 2.05) is 18.2 Å². The molecule has 1 N–H and O–H groups in total. The molecule has 0 bridgehead atoms. The summed E-state index contributed by atoms with van der Waals surface area (Å²) in [5, 5.41) is 11.3. The number of aryl methyl sites for hydroxylation is 1. The first-order valence-electron chi connectivity index (χ1n) is 11.2. The first-order chi connectivity index (χ1) is 15.1. The third kappa shape index (κ3) is 3.93. The number of rotatable bonds is 8. The molecule has 3 atom stereocenters. The number of ether oxygens (including phenoxy) is 2. The quantitative estimate of drug-likeness (QED) is 0.652. The molecule has 0 saturated heterocycles. The van der Waals surface area contributed by atoms with E-state index >= 15 is 0 Å². The lowest BCUT2D eigenvalue weighted by Gasteiger charge is -2.21. The number of fused-ring (bicyclic) bond motifs is 1. The summed E-state index contributed by atoms with van der Waals surface area (Å²) in [7, 11) is 0. The van der Waals surface area contributed by atoms with Crippen molar-refractivity contribution in [3.63, 3.8) is 0 Å². The van der Waals surface area contributed by atoms with Crippen molar-refractivity contribution in [3.8, 4) is 11.5 Å². The smallest absolute Gasteiger partial charge is 0.231 e. The molecule has 2 saturated carbocycles. The normalized spacial score (nSPS) is 25.0. The maximum atomic E-state index is 12.4. The Labute approximate surface area is 182 Å². The van der Waals surface area contributed by atoms with Gasteiger partial charge in [0.25, 0.3) is 0 Å². The first kappa shape index (κ1) is 20.1. The van der Waals surface area contributed by atoms with Crippen molar-refractivity contribution >= 4 is 5.91 Å². The van der Waals surface area contributed by atoms with Crippen molar-refractivity contribution in [2.45, 2.75) is 45.4 Å².